The number of benzene rings is 1. The zero-order valence-corrected chi connectivity index (χ0v) is 11.9. The third kappa shape index (κ3) is 6.53. The summed E-state index contributed by atoms with van der Waals surface area (Å²) in [6.45, 7) is 6.22. The summed E-state index contributed by atoms with van der Waals surface area (Å²) in [5.74, 6) is 0.966. The summed E-state index contributed by atoms with van der Waals surface area (Å²) in [5, 5.41) is 3.46. The molecule has 0 spiro atoms. The van der Waals surface area contributed by atoms with Crippen molar-refractivity contribution in [1.29, 1.82) is 0 Å². The fourth-order valence-electron chi connectivity index (χ4n) is 1.88. The van der Waals surface area contributed by atoms with Crippen molar-refractivity contribution >= 4 is 5.69 Å². The first-order valence-corrected chi connectivity index (χ1v) is 7.33. The molecule has 0 bridgehead atoms. The lowest BCUT2D eigenvalue weighted by atomic mass is 10.1. The highest BCUT2D eigenvalue weighted by Crippen LogP contribution is 2.17. The Hall–Kier alpha value is -1.18. The second-order valence-electron chi connectivity index (χ2n) is 4.72. The van der Waals surface area contributed by atoms with Gasteiger partial charge in [-0.2, -0.15) is 0 Å². The number of anilines is 1. The quantitative estimate of drug-likeness (QED) is 0.598. The van der Waals surface area contributed by atoms with Gasteiger partial charge in [0, 0.05) is 18.3 Å². The Kier molecular flexibility index (Phi) is 8.11. The van der Waals surface area contributed by atoms with Crippen molar-refractivity contribution in [3.05, 3.63) is 24.3 Å². The van der Waals surface area contributed by atoms with Crippen LogP contribution in [0.15, 0.2) is 24.3 Å². The van der Waals surface area contributed by atoms with Crippen LogP contribution in [0.5, 0.6) is 5.75 Å². The van der Waals surface area contributed by atoms with Gasteiger partial charge < -0.3 is 10.1 Å². The van der Waals surface area contributed by atoms with Gasteiger partial charge in [0.25, 0.3) is 0 Å². The van der Waals surface area contributed by atoms with E-state index in [1.54, 1.807) is 0 Å². The van der Waals surface area contributed by atoms with Gasteiger partial charge in [-0.05, 0) is 25.0 Å². The van der Waals surface area contributed by atoms with E-state index in [2.05, 4.69) is 31.3 Å². The molecular weight excluding hydrogens is 222 g/mol. The van der Waals surface area contributed by atoms with Crippen LogP contribution in [0.1, 0.15) is 52.4 Å². The topological polar surface area (TPSA) is 21.3 Å². The molecule has 0 fully saturated rings. The van der Waals surface area contributed by atoms with Gasteiger partial charge in [0.2, 0.25) is 0 Å². The molecule has 0 aromatic heterocycles. The average molecular weight is 249 g/mol. The minimum absolute atomic E-state index is 0.792. The van der Waals surface area contributed by atoms with Crippen molar-refractivity contribution in [1.82, 2.24) is 0 Å². The predicted octanol–water partition coefficient (Wildman–Crippen LogP) is 4.86. The Morgan fingerprint density at radius 1 is 1.00 bits per heavy atom. The molecule has 0 heterocycles. The maximum atomic E-state index is 5.62. The Labute approximate surface area is 112 Å². The Bertz CT molecular complexity index is 312. The summed E-state index contributed by atoms with van der Waals surface area (Å²) in [7, 11) is 0. The molecular formula is C16H27NO. The van der Waals surface area contributed by atoms with E-state index in [-0.39, 0.29) is 0 Å². The van der Waals surface area contributed by atoms with E-state index >= 15 is 0 Å². The molecule has 18 heavy (non-hydrogen) atoms. The molecule has 1 aromatic rings. The normalized spacial score (nSPS) is 10.3. The van der Waals surface area contributed by atoms with Crippen LogP contribution in [0.4, 0.5) is 5.69 Å². The van der Waals surface area contributed by atoms with Gasteiger partial charge in [-0.25, -0.2) is 0 Å². The Morgan fingerprint density at radius 3 is 2.61 bits per heavy atom. The summed E-state index contributed by atoms with van der Waals surface area (Å²) in [6, 6.07) is 8.25. The second-order valence-corrected chi connectivity index (χ2v) is 4.72. The van der Waals surface area contributed by atoms with Gasteiger partial charge in [0.1, 0.15) is 5.75 Å². The molecule has 0 aliphatic heterocycles. The molecule has 0 amide bonds. The molecule has 0 atom stereocenters. The highest BCUT2D eigenvalue weighted by atomic mass is 16.5. The van der Waals surface area contributed by atoms with Crippen molar-refractivity contribution in [2.45, 2.75) is 52.4 Å². The summed E-state index contributed by atoms with van der Waals surface area (Å²) in [6.07, 6.45) is 7.66. The van der Waals surface area contributed by atoms with Crippen molar-refractivity contribution < 1.29 is 4.74 Å². The standard InChI is InChI=1S/C16H27NO/c1-3-5-6-7-8-12-17-15-10-9-11-16(14-15)18-13-4-2/h9-11,14,17H,3-8,12-13H2,1-2H3. The summed E-state index contributed by atoms with van der Waals surface area (Å²) in [4.78, 5) is 0. The first kappa shape index (κ1) is 14.9. The van der Waals surface area contributed by atoms with Crippen LogP contribution in [0.25, 0.3) is 0 Å². The molecule has 1 rings (SSSR count). The molecule has 2 heteroatoms. The SMILES string of the molecule is CCCCCCCNc1cccc(OCCC)c1. The zero-order chi connectivity index (χ0) is 13.1. The molecule has 1 N–H and O–H groups in total. The third-order valence-corrected chi connectivity index (χ3v) is 2.92. The molecule has 0 aliphatic rings. The lowest BCUT2D eigenvalue weighted by Crippen LogP contribution is -2.02. The molecule has 0 unspecified atom stereocenters. The van der Waals surface area contributed by atoms with Crippen LogP contribution in [0.2, 0.25) is 0 Å². The smallest absolute Gasteiger partial charge is 0.121 e. The van der Waals surface area contributed by atoms with Crippen LogP contribution in [0, 0.1) is 0 Å². The zero-order valence-electron chi connectivity index (χ0n) is 11.9. The van der Waals surface area contributed by atoms with Gasteiger partial charge in [-0.1, -0.05) is 45.6 Å². The summed E-state index contributed by atoms with van der Waals surface area (Å²) < 4.78 is 5.62. The van der Waals surface area contributed by atoms with Gasteiger partial charge in [0.05, 0.1) is 6.61 Å². The monoisotopic (exact) mass is 249 g/mol. The van der Waals surface area contributed by atoms with E-state index in [1.807, 2.05) is 12.1 Å². The van der Waals surface area contributed by atoms with Crippen molar-refractivity contribution in [2.24, 2.45) is 0 Å². The van der Waals surface area contributed by atoms with E-state index in [1.165, 1.54) is 37.8 Å². The van der Waals surface area contributed by atoms with Crippen LogP contribution in [-0.4, -0.2) is 13.2 Å². The highest BCUT2D eigenvalue weighted by molar-refractivity contribution is 5.48. The second kappa shape index (κ2) is 9.81. The minimum Gasteiger partial charge on any atom is -0.494 e. The van der Waals surface area contributed by atoms with Gasteiger partial charge >= 0.3 is 0 Å². The fraction of sp³-hybridized carbons (Fsp3) is 0.625. The molecule has 0 saturated carbocycles. The fourth-order valence-corrected chi connectivity index (χ4v) is 1.88. The minimum atomic E-state index is 0.792. The summed E-state index contributed by atoms with van der Waals surface area (Å²) >= 11 is 0. The van der Waals surface area contributed by atoms with Gasteiger partial charge in [0.15, 0.2) is 0 Å². The van der Waals surface area contributed by atoms with E-state index in [0.717, 1.165) is 25.3 Å². The molecule has 0 radical (unpaired) electrons. The lowest BCUT2D eigenvalue weighted by Gasteiger charge is -2.09. The average Bonchev–Trinajstić information content (AvgIpc) is 2.41. The number of rotatable bonds is 10. The van der Waals surface area contributed by atoms with Gasteiger partial charge in [-0.3, -0.25) is 0 Å². The first-order valence-electron chi connectivity index (χ1n) is 7.33. The maximum absolute atomic E-state index is 5.62. The number of hydrogen-bond acceptors (Lipinski definition) is 2. The largest absolute Gasteiger partial charge is 0.494 e. The number of nitrogens with one attached hydrogen (secondary N) is 1. The van der Waals surface area contributed by atoms with Crippen molar-refractivity contribution in [2.75, 3.05) is 18.5 Å². The van der Waals surface area contributed by atoms with E-state index in [4.69, 9.17) is 4.74 Å². The van der Waals surface area contributed by atoms with Crippen LogP contribution in [-0.2, 0) is 0 Å². The van der Waals surface area contributed by atoms with E-state index in [9.17, 15) is 0 Å². The van der Waals surface area contributed by atoms with Crippen molar-refractivity contribution in [3.63, 3.8) is 0 Å². The van der Waals surface area contributed by atoms with Crippen LogP contribution in [0.3, 0.4) is 0 Å². The van der Waals surface area contributed by atoms with Gasteiger partial charge in [-0.15, -0.1) is 0 Å². The molecule has 0 aliphatic carbocycles. The molecule has 102 valence electrons. The molecule has 0 saturated heterocycles. The van der Waals surface area contributed by atoms with Crippen LogP contribution >= 0.6 is 0 Å². The molecule has 1 aromatic carbocycles. The van der Waals surface area contributed by atoms with E-state index in [0.29, 0.717) is 0 Å². The van der Waals surface area contributed by atoms with Crippen LogP contribution < -0.4 is 10.1 Å². The Morgan fingerprint density at radius 2 is 1.83 bits per heavy atom. The van der Waals surface area contributed by atoms with E-state index < -0.39 is 0 Å². The predicted molar refractivity (Wildman–Crippen MR) is 79.5 cm³/mol. The third-order valence-electron chi connectivity index (χ3n) is 2.92. The highest BCUT2D eigenvalue weighted by Gasteiger charge is 1.96. The Balaban J connectivity index is 2.20. The number of unbranched alkanes of at least 4 members (excludes halogenated alkanes) is 4. The maximum Gasteiger partial charge on any atom is 0.121 e. The first-order chi connectivity index (χ1) is 8.86. The lowest BCUT2D eigenvalue weighted by molar-refractivity contribution is 0.317. The number of hydrogen-bond donors (Lipinski definition) is 1. The number of ether oxygens (including phenoxy) is 1. The summed E-state index contributed by atoms with van der Waals surface area (Å²) in [5.41, 5.74) is 1.17. The molecule has 2 nitrogen and oxygen atoms in total. The van der Waals surface area contributed by atoms with Crippen molar-refractivity contribution in [3.8, 4) is 5.75 Å².